The monoisotopic (exact) mass is 279 g/mol. The first-order chi connectivity index (χ1) is 8.31. The molecule has 1 fully saturated rings. The van der Waals surface area contributed by atoms with Crippen molar-refractivity contribution in [1.29, 1.82) is 0 Å². The molecule has 1 aliphatic rings. The molecule has 1 rings (SSSR count). The average molecular weight is 279 g/mol. The molecule has 1 atom stereocenters. The highest BCUT2D eigenvalue weighted by Gasteiger charge is 2.23. The van der Waals surface area contributed by atoms with Crippen molar-refractivity contribution in [2.75, 3.05) is 40.3 Å². The van der Waals surface area contributed by atoms with Crippen molar-refractivity contribution < 1.29 is 18.3 Å². The van der Waals surface area contributed by atoms with Crippen molar-refractivity contribution >= 4 is 16.2 Å². The Morgan fingerprint density at radius 3 is 2.72 bits per heavy atom. The number of hydrogen-bond acceptors (Lipinski definition) is 4. The summed E-state index contributed by atoms with van der Waals surface area (Å²) in [6.45, 7) is 2.27. The number of rotatable bonds is 7. The van der Waals surface area contributed by atoms with E-state index in [1.807, 2.05) is 7.05 Å². The molecule has 0 aromatic rings. The zero-order chi connectivity index (χ0) is 13.8. The summed E-state index contributed by atoms with van der Waals surface area (Å²) in [6.07, 6.45) is 0.793. The molecular formula is C10H21N3O4S. The molecule has 2 N–H and O–H groups in total. The predicted octanol–water partition coefficient (Wildman–Crippen LogP) is -0.821. The number of nitrogens with one attached hydrogen (secondary N) is 1. The fourth-order valence-electron chi connectivity index (χ4n) is 1.90. The molecule has 1 unspecified atom stereocenters. The van der Waals surface area contributed by atoms with Crippen LogP contribution in [0.3, 0.4) is 0 Å². The first-order valence-corrected chi connectivity index (χ1v) is 7.36. The van der Waals surface area contributed by atoms with Gasteiger partial charge in [-0.25, -0.2) is 4.72 Å². The van der Waals surface area contributed by atoms with E-state index in [4.69, 9.17) is 5.11 Å². The first kappa shape index (κ1) is 15.4. The van der Waals surface area contributed by atoms with Crippen molar-refractivity contribution in [1.82, 2.24) is 13.9 Å². The summed E-state index contributed by atoms with van der Waals surface area (Å²) in [7, 11) is -0.171. The van der Waals surface area contributed by atoms with Gasteiger partial charge in [-0.3, -0.25) is 4.79 Å². The Morgan fingerprint density at radius 2 is 2.22 bits per heavy atom. The molecule has 18 heavy (non-hydrogen) atoms. The smallest absolute Gasteiger partial charge is 0.304 e. The van der Waals surface area contributed by atoms with E-state index in [1.165, 1.54) is 7.05 Å². The fraction of sp³-hybridized carbons (Fsp3) is 0.900. The van der Waals surface area contributed by atoms with Gasteiger partial charge in [0.2, 0.25) is 0 Å². The number of carbonyl (C=O) groups is 1. The summed E-state index contributed by atoms with van der Waals surface area (Å²) in [5, 5.41) is 8.51. The minimum absolute atomic E-state index is 0.0186. The second-order valence-corrected chi connectivity index (χ2v) is 6.60. The summed E-state index contributed by atoms with van der Waals surface area (Å²) in [5.41, 5.74) is 0. The maximum absolute atomic E-state index is 11.8. The average Bonchev–Trinajstić information content (AvgIpc) is 2.69. The Balaban J connectivity index is 2.36. The molecule has 7 nitrogen and oxygen atoms in total. The Hall–Kier alpha value is -0.700. The van der Waals surface area contributed by atoms with Crippen LogP contribution in [0.4, 0.5) is 0 Å². The zero-order valence-corrected chi connectivity index (χ0v) is 11.6. The largest absolute Gasteiger partial charge is 0.481 e. The SMILES string of the molecule is CN1CCC(CNS(=O)(=O)N(C)CCC(=O)O)C1. The second kappa shape index (κ2) is 6.46. The Morgan fingerprint density at radius 1 is 1.56 bits per heavy atom. The molecule has 0 bridgehead atoms. The molecule has 1 saturated heterocycles. The Labute approximate surface area is 108 Å². The molecule has 1 heterocycles. The number of aliphatic carboxylic acids is 1. The van der Waals surface area contributed by atoms with Crippen molar-refractivity contribution in [2.24, 2.45) is 5.92 Å². The van der Waals surface area contributed by atoms with E-state index >= 15 is 0 Å². The summed E-state index contributed by atoms with van der Waals surface area (Å²) in [5.74, 6) is -0.674. The molecule has 0 aromatic heterocycles. The summed E-state index contributed by atoms with van der Waals surface area (Å²) >= 11 is 0. The normalized spacial score (nSPS) is 21.6. The van der Waals surface area contributed by atoms with Gasteiger partial charge in [-0.05, 0) is 25.9 Å². The lowest BCUT2D eigenvalue weighted by Gasteiger charge is -2.18. The van der Waals surface area contributed by atoms with Crippen molar-refractivity contribution in [3.8, 4) is 0 Å². The highest BCUT2D eigenvalue weighted by Crippen LogP contribution is 2.13. The van der Waals surface area contributed by atoms with E-state index in [2.05, 4.69) is 9.62 Å². The number of likely N-dealkylation sites (tertiary alicyclic amines) is 1. The fourth-order valence-corrected chi connectivity index (χ4v) is 2.90. The highest BCUT2D eigenvalue weighted by molar-refractivity contribution is 7.87. The van der Waals surface area contributed by atoms with Gasteiger partial charge < -0.3 is 10.0 Å². The van der Waals surface area contributed by atoms with Crippen LogP contribution in [-0.4, -0.2) is 69.0 Å². The molecule has 1 aliphatic heterocycles. The Kier molecular flexibility index (Phi) is 5.51. The van der Waals surface area contributed by atoms with E-state index in [9.17, 15) is 13.2 Å². The molecule has 0 amide bonds. The number of hydrogen-bond donors (Lipinski definition) is 2. The second-order valence-electron chi connectivity index (χ2n) is 4.74. The third kappa shape index (κ3) is 4.89. The molecule has 0 radical (unpaired) electrons. The molecular weight excluding hydrogens is 258 g/mol. The summed E-state index contributed by atoms with van der Waals surface area (Å²) in [4.78, 5) is 12.5. The molecule has 0 saturated carbocycles. The maximum Gasteiger partial charge on any atom is 0.304 e. The van der Waals surface area contributed by atoms with E-state index in [0.29, 0.717) is 12.5 Å². The molecule has 8 heteroatoms. The lowest BCUT2D eigenvalue weighted by Crippen LogP contribution is -2.41. The summed E-state index contributed by atoms with van der Waals surface area (Å²) in [6, 6.07) is 0. The molecule has 0 spiro atoms. The number of nitrogens with zero attached hydrogens (tertiary/aromatic N) is 2. The zero-order valence-electron chi connectivity index (χ0n) is 10.8. The lowest BCUT2D eigenvalue weighted by molar-refractivity contribution is -0.137. The van der Waals surface area contributed by atoms with E-state index in [0.717, 1.165) is 23.8 Å². The first-order valence-electron chi connectivity index (χ1n) is 5.92. The van der Waals surface area contributed by atoms with Crippen LogP contribution >= 0.6 is 0 Å². The molecule has 106 valence electrons. The Bertz CT molecular complexity index is 385. The minimum atomic E-state index is -3.56. The van der Waals surface area contributed by atoms with Crippen molar-refractivity contribution in [3.63, 3.8) is 0 Å². The van der Waals surface area contributed by atoms with Gasteiger partial charge in [0, 0.05) is 26.7 Å². The third-order valence-corrected chi connectivity index (χ3v) is 4.63. The lowest BCUT2D eigenvalue weighted by atomic mass is 10.1. The van der Waals surface area contributed by atoms with E-state index < -0.39 is 16.2 Å². The van der Waals surface area contributed by atoms with Crippen LogP contribution in [-0.2, 0) is 15.0 Å². The van der Waals surface area contributed by atoms with Crippen LogP contribution in [0.1, 0.15) is 12.8 Å². The van der Waals surface area contributed by atoms with Crippen LogP contribution < -0.4 is 4.72 Å². The standard InChI is InChI=1S/C10H21N3O4S/c1-12-5-3-9(8-12)7-11-18(16,17)13(2)6-4-10(14)15/h9,11H,3-8H2,1-2H3,(H,14,15). The van der Waals surface area contributed by atoms with Crippen molar-refractivity contribution in [2.45, 2.75) is 12.8 Å². The van der Waals surface area contributed by atoms with Gasteiger partial charge in [-0.2, -0.15) is 12.7 Å². The van der Waals surface area contributed by atoms with Gasteiger partial charge in [-0.1, -0.05) is 0 Å². The van der Waals surface area contributed by atoms with Gasteiger partial charge in [-0.15, -0.1) is 0 Å². The van der Waals surface area contributed by atoms with Crippen LogP contribution in [0, 0.1) is 5.92 Å². The van der Waals surface area contributed by atoms with Gasteiger partial charge in [0.25, 0.3) is 10.2 Å². The van der Waals surface area contributed by atoms with E-state index in [-0.39, 0.29) is 13.0 Å². The van der Waals surface area contributed by atoms with Gasteiger partial charge in [0.05, 0.1) is 6.42 Å². The van der Waals surface area contributed by atoms with Crippen LogP contribution in [0.5, 0.6) is 0 Å². The van der Waals surface area contributed by atoms with Crippen LogP contribution in [0.15, 0.2) is 0 Å². The van der Waals surface area contributed by atoms with Crippen molar-refractivity contribution in [3.05, 3.63) is 0 Å². The van der Waals surface area contributed by atoms with E-state index in [1.54, 1.807) is 0 Å². The molecule has 0 aliphatic carbocycles. The predicted molar refractivity (Wildman–Crippen MR) is 67.4 cm³/mol. The quantitative estimate of drug-likeness (QED) is 0.635. The van der Waals surface area contributed by atoms with Gasteiger partial charge in [0.1, 0.15) is 0 Å². The van der Waals surface area contributed by atoms with Gasteiger partial charge in [0.15, 0.2) is 0 Å². The molecule has 0 aromatic carbocycles. The maximum atomic E-state index is 11.8. The summed E-state index contributed by atoms with van der Waals surface area (Å²) < 4.78 is 27.1. The van der Waals surface area contributed by atoms with Crippen LogP contribution in [0.2, 0.25) is 0 Å². The third-order valence-electron chi connectivity index (χ3n) is 3.09. The van der Waals surface area contributed by atoms with Crippen LogP contribution in [0.25, 0.3) is 0 Å². The highest BCUT2D eigenvalue weighted by atomic mass is 32.2. The number of carboxylic acid groups (broad SMARTS) is 1. The van der Waals surface area contributed by atoms with Gasteiger partial charge >= 0.3 is 5.97 Å². The topological polar surface area (TPSA) is 90.0 Å². The number of carboxylic acids is 1. The minimum Gasteiger partial charge on any atom is -0.481 e.